The van der Waals surface area contributed by atoms with Crippen LogP contribution in [0.15, 0.2) is 36.7 Å². The van der Waals surface area contributed by atoms with Crippen LogP contribution < -0.4 is 10.6 Å². The minimum Gasteiger partial charge on any atom is -0.325 e. The molecular weight excluding hydrogens is 418 g/mol. The molecule has 0 radical (unpaired) electrons. The fourth-order valence-corrected chi connectivity index (χ4v) is 3.26. The third kappa shape index (κ3) is 4.34. The molecule has 3 aromatic rings. The van der Waals surface area contributed by atoms with Crippen molar-refractivity contribution in [2.45, 2.75) is 39.4 Å². The molecule has 1 aromatic carbocycles. The van der Waals surface area contributed by atoms with E-state index in [0.717, 1.165) is 6.07 Å². The molecule has 32 heavy (non-hydrogen) atoms. The smallest absolute Gasteiger partial charge is 0.259 e. The van der Waals surface area contributed by atoms with Crippen molar-refractivity contribution in [3.05, 3.63) is 53.6 Å². The van der Waals surface area contributed by atoms with Crippen molar-refractivity contribution in [3.63, 3.8) is 0 Å². The van der Waals surface area contributed by atoms with Crippen molar-refractivity contribution >= 4 is 23.3 Å². The summed E-state index contributed by atoms with van der Waals surface area (Å²) in [5, 5.41) is 13.1. The minimum atomic E-state index is -1.15. The van der Waals surface area contributed by atoms with E-state index < -0.39 is 29.7 Å². The maximum atomic E-state index is 14.5. The lowest BCUT2D eigenvalue weighted by molar-refractivity contribution is -0.117. The van der Waals surface area contributed by atoms with Gasteiger partial charge >= 0.3 is 0 Å². The lowest BCUT2D eigenvalue weighted by Gasteiger charge is -2.13. The molecular formula is C22H22F2N6O2. The second-order valence-corrected chi connectivity index (χ2v) is 8.01. The molecule has 2 N–H and O–H groups in total. The van der Waals surface area contributed by atoms with Gasteiger partial charge in [-0.05, 0) is 57.0 Å². The average Bonchev–Trinajstić information content (AvgIpc) is 3.27. The zero-order chi connectivity index (χ0) is 23.0. The molecule has 1 aliphatic carbocycles. The van der Waals surface area contributed by atoms with Gasteiger partial charge in [-0.25, -0.2) is 13.8 Å². The molecule has 4 rings (SSSR count). The van der Waals surface area contributed by atoms with Crippen molar-refractivity contribution in [1.29, 1.82) is 0 Å². The highest BCUT2D eigenvalue weighted by molar-refractivity contribution is 6.05. The second kappa shape index (κ2) is 8.45. The number of carbonyl (C=O) groups excluding carboxylic acids is 2. The number of aromatic nitrogens is 4. The summed E-state index contributed by atoms with van der Waals surface area (Å²) in [7, 11) is 0. The summed E-state index contributed by atoms with van der Waals surface area (Å²) in [5.41, 5.74) is 0.914. The maximum absolute atomic E-state index is 14.5. The molecule has 0 aliphatic heterocycles. The first-order valence-corrected chi connectivity index (χ1v) is 10.2. The Hall–Kier alpha value is -3.69. The van der Waals surface area contributed by atoms with Gasteiger partial charge in [-0.3, -0.25) is 9.59 Å². The third-order valence-corrected chi connectivity index (χ3v) is 5.22. The fourth-order valence-electron chi connectivity index (χ4n) is 3.26. The van der Waals surface area contributed by atoms with E-state index in [4.69, 9.17) is 0 Å². The molecule has 0 saturated heterocycles. The zero-order valence-corrected chi connectivity index (χ0v) is 17.8. The highest BCUT2D eigenvalue weighted by Crippen LogP contribution is 2.35. The van der Waals surface area contributed by atoms with Crippen molar-refractivity contribution in [1.82, 2.24) is 19.7 Å². The van der Waals surface area contributed by atoms with Gasteiger partial charge in [0.1, 0.15) is 29.8 Å². The molecule has 2 heterocycles. The summed E-state index contributed by atoms with van der Waals surface area (Å²) in [6.07, 6.45) is 0.613. The summed E-state index contributed by atoms with van der Waals surface area (Å²) < 4.78 is 29.5. The Morgan fingerprint density at radius 3 is 2.66 bits per heavy atom. The number of aryl methyl sites for hydroxylation is 1. The Morgan fingerprint density at radius 1 is 1.22 bits per heavy atom. The number of anilines is 2. The molecule has 1 fully saturated rings. The molecule has 1 aliphatic rings. The number of hydrogen-bond donors (Lipinski definition) is 2. The molecule has 0 spiro atoms. The van der Waals surface area contributed by atoms with E-state index in [9.17, 15) is 18.4 Å². The minimum absolute atomic E-state index is 0.110. The van der Waals surface area contributed by atoms with E-state index >= 15 is 0 Å². The van der Waals surface area contributed by atoms with Gasteiger partial charge < -0.3 is 15.2 Å². The Morgan fingerprint density at radius 2 is 1.97 bits per heavy atom. The SMILES string of the molecule is Cc1cc(F)c(C(=O)Nc2cccc(-c3nncn3C(C)C)n2)cc1NC(=O)C1C[C@H]1F. The Balaban J connectivity index is 1.56. The van der Waals surface area contributed by atoms with Crippen LogP contribution in [0.4, 0.5) is 20.3 Å². The summed E-state index contributed by atoms with van der Waals surface area (Å²) in [6, 6.07) is 7.50. The Labute approximate surface area is 183 Å². The lowest BCUT2D eigenvalue weighted by Crippen LogP contribution is -2.19. The Bertz CT molecular complexity index is 1190. The van der Waals surface area contributed by atoms with Crippen molar-refractivity contribution in [2.75, 3.05) is 10.6 Å². The number of alkyl halides is 1. The number of amides is 2. The van der Waals surface area contributed by atoms with E-state index in [1.54, 1.807) is 31.5 Å². The summed E-state index contributed by atoms with van der Waals surface area (Å²) >= 11 is 0. The highest BCUT2D eigenvalue weighted by Gasteiger charge is 2.43. The number of benzene rings is 1. The van der Waals surface area contributed by atoms with E-state index in [-0.39, 0.29) is 29.5 Å². The standard InChI is InChI=1S/C22H22F2N6O2/c1-11(2)30-10-25-29-20(30)17-5-4-6-19(26-17)28-22(32)14-9-18(12(3)7-15(14)23)27-21(31)13-8-16(13)24/h4-7,9-11,13,16H,8H2,1-3H3,(H,27,31)(H,26,28,32)/t13?,16-/m1/s1. The molecule has 2 atom stereocenters. The summed E-state index contributed by atoms with van der Waals surface area (Å²) in [6.45, 7) is 5.55. The fraction of sp³-hybridized carbons (Fsp3) is 0.318. The monoisotopic (exact) mass is 440 g/mol. The summed E-state index contributed by atoms with van der Waals surface area (Å²) in [5.74, 6) is -1.92. The van der Waals surface area contributed by atoms with E-state index in [2.05, 4.69) is 25.8 Å². The predicted octanol–water partition coefficient (Wildman–Crippen LogP) is 3.92. The largest absolute Gasteiger partial charge is 0.325 e. The van der Waals surface area contributed by atoms with Crippen molar-refractivity contribution in [2.24, 2.45) is 5.92 Å². The van der Waals surface area contributed by atoms with Crippen LogP contribution in [-0.4, -0.2) is 37.7 Å². The van der Waals surface area contributed by atoms with Gasteiger partial charge in [0.15, 0.2) is 5.82 Å². The second-order valence-electron chi connectivity index (χ2n) is 8.01. The van der Waals surface area contributed by atoms with Crippen LogP contribution >= 0.6 is 0 Å². The van der Waals surface area contributed by atoms with Gasteiger partial charge in [0.2, 0.25) is 5.91 Å². The van der Waals surface area contributed by atoms with Gasteiger partial charge in [-0.2, -0.15) is 0 Å². The first-order valence-electron chi connectivity index (χ1n) is 10.2. The van der Waals surface area contributed by atoms with Gasteiger partial charge in [-0.1, -0.05) is 6.07 Å². The number of rotatable bonds is 6. The van der Waals surface area contributed by atoms with Crippen LogP contribution in [0.3, 0.4) is 0 Å². The Kier molecular flexibility index (Phi) is 5.68. The van der Waals surface area contributed by atoms with Gasteiger partial charge in [-0.15, -0.1) is 10.2 Å². The first kappa shape index (κ1) is 21.5. The van der Waals surface area contributed by atoms with Crippen LogP contribution in [0, 0.1) is 18.7 Å². The van der Waals surface area contributed by atoms with Crippen LogP contribution in [0.1, 0.15) is 42.2 Å². The van der Waals surface area contributed by atoms with Gasteiger partial charge in [0.05, 0.1) is 11.5 Å². The number of halogens is 2. The van der Waals surface area contributed by atoms with E-state index in [1.807, 2.05) is 18.4 Å². The number of nitrogens with one attached hydrogen (secondary N) is 2. The number of hydrogen-bond acceptors (Lipinski definition) is 5. The first-order chi connectivity index (χ1) is 15.2. The zero-order valence-electron chi connectivity index (χ0n) is 17.8. The van der Waals surface area contributed by atoms with E-state index in [1.165, 1.54) is 6.07 Å². The summed E-state index contributed by atoms with van der Waals surface area (Å²) in [4.78, 5) is 29.2. The normalized spacial score (nSPS) is 17.3. The van der Waals surface area contributed by atoms with Crippen molar-refractivity contribution < 1.29 is 18.4 Å². The van der Waals surface area contributed by atoms with Gasteiger partial charge in [0, 0.05) is 11.7 Å². The van der Waals surface area contributed by atoms with E-state index in [0.29, 0.717) is 17.1 Å². The molecule has 10 heteroatoms. The van der Waals surface area contributed by atoms with Crippen LogP contribution in [-0.2, 0) is 4.79 Å². The molecule has 1 unspecified atom stereocenters. The van der Waals surface area contributed by atoms with Gasteiger partial charge in [0.25, 0.3) is 5.91 Å². The molecule has 0 bridgehead atoms. The van der Waals surface area contributed by atoms with Crippen LogP contribution in [0.2, 0.25) is 0 Å². The quantitative estimate of drug-likeness (QED) is 0.605. The van der Waals surface area contributed by atoms with Crippen molar-refractivity contribution in [3.8, 4) is 11.5 Å². The maximum Gasteiger partial charge on any atom is 0.259 e. The number of pyridine rings is 1. The third-order valence-electron chi connectivity index (χ3n) is 5.22. The predicted molar refractivity (Wildman–Crippen MR) is 114 cm³/mol. The molecule has 1 saturated carbocycles. The molecule has 2 amide bonds. The highest BCUT2D eigenvalue weighted by atomic mass is 19.1. The average molecular weight is 440 g/mol. The molecule has 166 valence electrons. The number of carbonyl (C=O) groups is 2. The molecule has 2 aromatic heterocycles. The van der Waals surface area contributed by atoms with Crippen LogP contribution in [0.25, 0.3) is 11.5 Å². The lowest BCUT2D eigenvalue weighted by atomic mass is 10.1. The number of nitrogens with zero attached hydrogens (tertiary/aromatic N) is 4. The molecule has 8 nitrogen and oxygen atoms in total. The van der Waals surface area contributed by atoms with Crippen LogP contribution in [0.5, 0.6) is 0 Å². The topological polar surface area (TPSA) is 102 Å².